The Bertz CT molecular complexity index is 351. The minimum Gasteiger partial charge on any atom is -0.394 e. The molecule has 22 heavy (non-hydrogen) atoms. The highest BCUT2D eigenvalue weighted by molar-refractivity contribution is 4.92. The highest BCUT2D eigenvalue weighted by Gasteiger charge is 2.48. The first-order valence-electron chi connectivity index (χ1n) is 6.95. The van der Waals surface area contributed by atoms with Crippen LogP contribution in [0.25, 0.3) is 0 Å². The van der Waals surface area contributed by atoms with Crippen molar-refractivity contribution in [2.75, 3.05) is 19.8 Å². The zero-order valence-electron chi connectivity index (χ0n) is 11.7. The molecule has 6 unspecified atom stereocenters. The molecule has 7 N–H and O–H groups in total. The molecular weight excluding hydrogens is 304 g/mol. The van der Waals surface area contributed by atoms with Crippen molar-refractivity contribution in [1.29, 1.82) is 0 Å². The summed E-state index contributed by atoms with van der Waals surface area (Å²) in [5, 5.41) is 67.0. The summed E-state index contributed by atoms with van der Waals surface area (Å²) in [4.78, 5) is 0. The summed E-state index contributed by atoms with van der Waals surface area (Å²) in [5.74, 6) is 0. The zero-order valence-corrected chi connectivity index (χ0v) is 11.7. The quantitative estimate of drug-likeness (QED) is 0.266. The predicted octanol–water partition coefficient (Wildman–Crippen LogP) is -4.72. The monoisotopic (exact) mass is 326 g/mol. The van der Waals surface area contributed by atoms with Gasteiger partial charge in [0.15, 0.2) is 6.29 Å². The normalized spacial score (nSPS) is 50.0. The highest BCUT2D eigenvalue weighted by Crippen LogP contribution is 2.27. The molecule has 0 saturated carbocycles. The maximum atomic E-state index is 9.93. The van der Waals surface area contributed by atoms with Gasteiger partial charge in [-0.1, -0.05) is 0 Å². The van der Waals surface area contributed by atoms with E-state index >= 15 is 0 Å². The molecule has 0 amide bonds. The van der Waals surface area contributed by atoms with Crippen LogP contribution in [0.2, 0.25) is 0 Å². The summed E-state index contributed by atoms with van der Waals surface area (Å²) in [6.45, 7) is -1.33. The topological polar surface area (TPSA) is 169 Å². The summed E-state index contributed by atoms with van der Waals surface area (Å²) < 4.78 is 15.6. The van der Waals surface area contributed by atoms with Gasteiger partial charge in [-0.3, -0.25) is 0 Å². The molecule has 2 fully saturated rings. The van der Waals surface area contributed by atoms with Gasteiger partial charge in [0.1, 0.15) is 48.8 Å². The molecule has 130 valence electrons. The van der Waals surface area contributed by atoms with Crippen LogP contribution < -0.4 is 0 Å². The highest BCUT2D eigenvalue weighted by atomic mass is 16.7. The molecule has 2 aliphatic heterocycles. The maximum absolute atomic E-state index is 9.93. The molecule has 0 bridgehead atoms. The Labute approximate surface area is 126 Å². The van der Waals surface area contributed by atoms with E-state index in [4.69, 9.17) is 19.3 Å². The van der Waals surface area contributed by atoms with Crippen molar-refractivity contribution in [1.82, 2.24) is 0 Å². The van der Waals surface area contributed by atoms with Gasteiger partial charge >= 0.3 is 0 Å². The number of aliphatic hydroxyl groups excluding tert-OH is 7. The molecule has 0 aromatic carbocycles. The van der Waals surface area contributed by atoms with E-state index in [0.717, 1.165) is 0 Å². The van der Waals surface area contributed by atoms with Crippen molar-refractivity contribution in [2.24, 2.45) is 0 Å². The lowest BCUT2D eigenvalue weighted by Crippen LogP contribution is -2.63. The van der Waals surface area contributed by atoms with Crippen molar-refractivity contribution < 1.29 is 50.0 Å². The smallest absolute Gasteiger partial charge is 0.187 e. The van der Waals surface area contributed by atoms with Crippen LogP contribution >= 0.6 is 0 Å². The molecule has 0 radical (unpaired) electrons. The van der Waals surface area contributed by atoms with Crippen molar-refractivity contribution >= 4 is 0 Å². The third-order valence-electron chi connectivity index (χ3n) is 3.90. The van der Waals surface area contributed by atoms with E-state index in [1.54, 1.807) is 0 Å². The second-order valence-electron chi connectivity index (χ2n) is 5.41. The van der Waals surface area contributed by atoms with Gasteiger partial charge in [-0.2, -0.15) is 0 Å². The van der Waals surface area contributed by atoms with Crippen molar-refractivity contribution in [3.8, 4) is 0 Å². The SMILES string of the molecule is OCC1O[C@H](O[C@@H]2C(CO)OCC(O)C2O)C(O)C(O)[C@@H]1O. The molecule has 10 nitrogen and oxygen atoms in total. The van der Waals surface area contributed by atoms with Gasteiger partial charge in [0.05, 0.1) is 19.8 Å². The molecule has 2 heterocycles. The van der Waals surface area contributed by atoms with Gasteiger partial charge in [0.25, 0.3) is 0 Å². The molecule has 0 aromatic heterocycles. The molecule has 9 atom stereocenters. The van der Waals surface area contributed by atoms with Gasteiger partial charge in [0, 0.05) is 0 Å². The summed E-state index contributed by atoms with van der Waals surface area (Å²) in [6.07, 6.45) is -12.3. The Morgan fingerprint density at radius 3 is 2.05 bits per heavy atom. The number of hydrogen-bond acceptors (Lipinski definition) is 10. The van der Waals surface area contributed by atoms with E-state index in [0.29, 0.717) is 0 Å². The Balaban J connectivity index is 2.09. The molecule has 2 saturated heterocycles. The molecule has 0 aromatic rings. The van der Waals surface area contributed by atoms with Gasteiger partial charge < -0.3 is 50.0 Å². The van der Waals surface area contributed by atoms with Gasteiger partial charge in [-0.05, 0) is 0 Å². The third-order valence-corrected chi connectivity index (χ3v) is 3.90. The Hall–Kier alpha value is -0.400. The van der Waals surface area contributed by atoms with Crippen molar-refractivity contribution in [3.05, 3.63) is 0 Å². The van der Waals surface area contributed by atoms with Crippen LogP contribution in [0, 0.1) is 0 Å². The van der Waals surface area contributed by atoms with Crippen LogP contribution in [0.3, 0.4) is 0 Å². The molecule has 2 aliphatic rings. The van der Waals surface area contributed by atoms with Crippen molar-refractivity contribution in [2.45, 2.75) is 55.1 Å². The first kappa shape index (κ1) is 17.9. The average Bonchev–Trinajstić information content (AvgIpc) is 2.52. The lowest BCUT2D eigenvalue weighted by molar-refractivity contribution is -0.336. The van der Waals surface area contributed by atoms with E-state index in [-0.39, 0.29) is 6.61 Å². The lowest BCUT2D eigenvalue weighted by Gasteiger charge is -2.44. The minimum absolute atomic E-state index is 0.194. The van der Waals surface area contributed by atoms with E-state index in [9.17, 15) is 30.6 Å². The summed E-state index contributed by atoms with van der Waals surface area (Å²) in [7, 11) is 0. The molecule has 2 rings (SSSR count). The van der Waals surface area contributed by atoms with Crippen LogP contribution in [0.4, 0.5) is 0 Å². The third kappa shape index (κ3) is 3.41. The molecule has 0 aliphatic carbocycles. The van der Waals surface area contributed by atoms with Crippen LogP contribution in [-0.2, 0) is 14.2 Å². The van der Waals surface area contributed by atoms with E-state index in [1.165, 1.54) is 0 Å². The van der Waals surface area contributed by atoms with Crippen LogP contribution in [0.1, 0.15) is 0 Å². The summed E-state index contributed by atoms with van der Waals surface area (Å²) in [5.41, 5.74) is 0. The van der Waals surface area contributed by atoms with Gasteiger partial charge in [0.2, 0.25) is 0 Å². The zero-order chi connectivity index (χ0) is 16.4. The summed E-state index contributed by atoms with van der Waals surface area (Å²) >= 11 is 0. The van der Waals surface area contributed by atoms with Crippen LogP contribution in [-0.4, -0.2) is 111 Å². The first-order valence-corrected chi connectivity index (χ1v) is 6.95. The Morgan fingerprint density at radius 1 is 0.818 bits per heavy atom. The average molecular weight is 326 g/mol. The second-order valence-corrected chi connectivity index (χ2v) is 5.41. The molecular formula is C12H22O10. The maximum Gasteiger partial charge on any atom is 0.187 e. The van der Waals surface area contributed by atoms with Gasteiger partial charge in [-0.15, -0.1) is 0 Å². The fourth-order valence-corrected chi connectivity index (χ4v) is 2.51. The largest absolute Gasteiger partial charge is 0.394 e. The summed E-state index contributed by atoms with van der Waals surface area (Å²) in [6, 6.07) is 0. The second kappa shape index (κ2) is 7.45. The Kier molecular flexibility index (Phi) is 6.07. The van der Waals surface area contributed by atoms with Crippen LogP contribution in [0.15, 0.2) is 0 Å². The predicted molar refractivity (Wildman–Crippen MR) is 67.5 cm³/mol. The molecule has 0 spiro atoms. The minimum atomic E-state index is -1.65. The van der Waals surface area contributed by atoms with E-state index in [2.05, 4.69) is 0 Å². The number of ether oxygens (including phenoxy) is 3. The van der Waals surface area contributed by atoms with Crippen molar-refractivity contribution in [3.63, 3.8) is 0 Å². The first-order chi connectivity index (χ1) is 10.4. The number of hydrogen-bond donors (Lipinski definition) is 7. The van der Waals surface area contributed by atoms with E-state index in [1.807, 2.05) is 0 Å². The number of rotatable bonds is 4. The standard InChI is InChI=1S/C12H22O10/c13-1-5-8(17)9(18)10(19)12(21-5)22-11-6(2-14)20-3-4(15)7(11)16/h4-19H,1-3H2/t4?,5?,6?,7?,8-,9?,10?,11-,12-/m1/s1. The molecule has 10 heteroatoms. The number of aliphatic hydroxyl groups is 7. The van der Waals surface area contributed by atoms with E-state index < -0.39 is 68.3 Å². The fraction of sp³-hybridized carbons (Fsp3) is 1.00. The van der Waals surface area contributed by atoms with Crippen LogP contribution in [0.5, 0.6) is 0 Å². The lowest BCUT2D eigenvalue weighted by atomic mass is 9.97. The Morgan fingerprint density at radius 2 is 1.45 bits per heavy atom. The van der Waals surface area contributed by atoms with Gasteiger partial charge in [-0.25, -0.2) is 0 Å². The fourth-order valence-electron chi connectivity index (χ4n) is 2.51.